The van der Waals surface area contributed by atoms with Crippen LogP contribution in [0.1, 0.15) is 389 Å². The maximum absolute atomic E-state index is 13.1. The van der Waals surface area contributed by atoms with Crippen LogP contribution in [0.2, 0.25) is 0 Å². The summed E-state index contributed by atoms with van der Waals surface area (Å²) in [5.41, 5.74) is 0. The van der Waals surface area contributed by atoms with Gasteiger partial charge in [0.2, 0.25) is 0 Å². The number of hydrogen-bond acceptors (Lipinski definition) is 15. The molecule has 2 unspecified atom stereocenters. The molecule has 0 fully saturated rings. The van der Waals surface area contributed by atoms with E-state index in [1.165, 1.54) is 193 Å². The predicted molar refractivity (Wildman–Crippen MR) is 391 cm³/mol. The second-order valence-electron chi connectivity index (χ2n) is 29.7. The van der Waals surface area contributed by atoms with E-state index in [0.717, 1.165) is 114 Å². The third-order valence-corrected chi connectivity index (χ3v) is 19.7. The summed E-state index contributed by atoms with van der Waals surface area (Å²) < 4.78 is 68.6. The number of phosphoric acid groups is 2. The van der Waals surface area contributed by atoms with Gasteiger partial charge in [-0.15, -0.1) is 0 Å². The number of unbranched alkanes of at least 4 members (excludes halogenated alkanes) is 40. The van der Waals surface area contributed by atoms with Crippen LogP contribution in [0.3, 0.4) is 0 Å². The Balaban J connectivity index is 5.28. The number of carbonyl (C=O) groups excluding carboxylic acids is 4. The summed E-state index contributed by atoms with van der Waals surface area (Å²) in [6.45, 7) is 14.2. The van der Waals surface area contributed by atoms with Gasteiger partial charge in [-0.25, -0.2) is 9.13 Å². The molecule has 19 heteroatoms. The fraction of sp³-hybridized carbons (Fsp3) is 0.948. The second-order valence-corrected chi connectivity index (χ2v) is 32.6. The molecule has 96 heavy (non-hydrogen) atoms. The highest BCUT2D eigenvalue weighted by Crippen LogP contribution is 2.45. The van der Waals surface area contributed by atoms with Crippen LogP contribution >= 0.6 is 15.6 Å². The van der Waals surface area contributed by atoms with Crippen molar-refractivity contribution in [3.63, 3.8) is 0 Å². The molecule has 5 atom stereocenters. The molecule has 0 saturated carbocycles. The number of carbonyl (C=O) groups is 4. The van der Waals surface area contributed by atoms with Crippen molar-refractivity contribution in [3.05, 3.63) is 0 Å². The number of rotatable bonds is 74. The first-order valence-corrected chi connectivity index (χ1v) is 42.7. The fourth-order valence-corrected chi connectivity index (χ4v) is 13.3. The van der Waals surface area contributed by atoms with Crippen molar-refractivity contribution in [3.8, 4) is 0 Å². The van der Waals surface area contributed by atoms with Crippen molar-refractivity contribution in [2.75, 3.05) is 39.6 Å². The van der Waals surface area contributed by atoms with Crippen molar-refractivity contribution in [1.82, 2.24) is 0 Å². The molecule has 17 nitrogen and oxygen atoms in total. The van der Waals surface area contributed by atoms with Gasteiger partial charge in [0.15, 0.2) is 12.2 Å². The Morgan fingerprint density at radius 3 is 0.646 bits per heavy atom. The minimum absolute atomic E-state index is 0.106. The van der Waals surface area contributed by atoms with E-state index in [2.05, 4.69) is 55.4 Å². The monoisotopic (exact) mass is 1410 g/mol. The van der Waals surface area contributed by atoms with Gasteiger partial charge in [0.05, 0.1) is 26.4 Å². The third kappa shape index (κ3) is 70.5. The third-order valence-electron chi connectivity index (χ3n) is 17.8. The minimum atomic E-state index is -4.96. The molecule has 0 rings (SSSR count). The Labute approximate surface area is 588 Å². The molecule has 0 spiro atoms. The van der Waals surface area contributed by atoms with Gasteiger partial charge in [0, 0.05) is 25.7 Å². The molecule has 0 radical (unpaired) electrons. The number of aliphatic hydroxyl groups is 1. The van der Waals surface area contributed by atoms with Crippen molar-refractivity contribution < 1.29 is 80.2 Å². The first-order valence-electron chi connectivity index (χ1n) is 39.7. The van der Waals surface area contributed by atoms with Crippen LogP contribution in [0.15, 0.2) is 0 Å². The van der Waals surface area contributed by atoms with E-state index in [4.69, 9.17) is 37.0 Å². The molecular weight excluding hydrogens is 1260 g/mol. The molecule has 3 N–H and O–H groups in total. The summed E-state index contributed by atoms with van der Waals surface area (Å²) >= 11 is 0. The quantitative estimate of drug-likeness (QED) is 0.0222. The molecule has 0 aromatic rings. The minimum Gasteiger partial charge on any atom is -0.462 e. The topological polar surface area (TPSA) is 237 Å². The molecule has 570 valence electrons. The van der Waals surface area contributed by atoms with E-state index in [-0.39, 0.29) is 25.7 Å². The lowest BCUT2D eigenvalue weighted by Gasteiger charge is -2.21. The van der Waals surface area contributed by atoms with E-state index in [1.54, 1.807) is 0 Å². The normalized spacial score (nSPS) is 14.1. The van der Waals surface area contributed by atoms with Crippen LogP contribution in [-0.2, 0) is 65.4 Å². The smallest absolute Gasteiger partial charge is 0.462 e. The van der Waals surface area contributed by atoms with E-state index in [9.17, 15) is 43.2 Å². The zero-order valence-corrected chi connectivity index (χ0v) is 64.8. The van der Waals surface area contributed by atoms with Gasteiger partial charge in [-0.3, -0.25) is 37.3 Å². The molecule has 0 saturated heterocycles. The molecular formula is C77H150O17P2. The molecule has 0 aliphatic heterocycles. The van der Waals surface area contributed by atoms with Crippen LogP contribution in [0.5, 0.6) is 0 Å². The molecule has 0 aliphatic rings. The zero-order valence-electron chi connectivity index (χ0n) is 63.0. The van der Waals surface area contributed by atoms with Gasteiger partial charge < -0.3 is 33.8 Å². The summed E-state index contributed by atoms with van der Waals surface area (Å²) in [5.74, 6) is 0.954. The first kappa shape index (κ1) is 94.1. The molecule has 0 bridgehead atoms. The summed E-state index contributed by atoms with van der Waals surface area (Å²) in [6.07, 6.45) is 51.2. The predicted octanol–water partition coefficient (Wildman–Crippen LogP) is 22.4. The Kier molecular flexibility index (Phi) is 65.0. The highest BCUT2D eigenvalue weighted by atomic mass is 31.2. The van der Waals surface area contributed by atoms with Crippen molar-refractivity contribution in [2.24, 2.45) is 23.7 Å². The molecule has 0 heterocycles. The number of ether oxygens (including phenoxy) is 4. The van der Waals surface area contributed by atoms with E-state index in [0.29, 0.717) is 25.7 Å². The first-order chi connectivity index (χ1) is 46.1. The summed E-state index contributed by atoms with van der Waals surface area (Å²) in [4.78, 5) is 72.9. The van der Waals surface area contributed by atoms with Crippen LogP contribution in [0, 0.1) is 23.7 Å². The number of aliphatic hydroxyl groups excluding tert-OH is 1. The van der Waals surface area contributed by atoms with Crippen LogP contribution in [0.4, 0.5) is 0 Å². The molecule has 0 aromatic carbocycles. The SMILES string of the molecule is CC(C)CCCCCCCCCCCCCCC(=O)O[C@H](COC(=O)CCCCCCCCCCCCCC(C)C)COP(=O)(O)OC[C@@H](O)COP(=O)(O)OC[C@@H](COC(=O)CCCCCCCCCCCCC(C)C)OC(=O)CCCCCCCCCCCCCC(C)C. The van der Waals surface area contributed by atoms with Crippen molar-refractivity contribution in [1.29, 1.82) is 0 Å². The number of phosphoric ester groups is 2. The zero-order chi connectivity index (χ0) is 71.0. The summed E-state index contributed by atoms with van der Waals surface area (Å²) in [7, 11) is -9.92. The van der Waals surface area contributed by atoms with Crippen molar-refractivity contribution in [2.45, 2.75) is 408 Å². The number of hydrogen-bond donors (Lipinski definition) is 3. The Morgan fingerprint density at radius 1 is 0.260 bits per heavy atom. The van der Waals surface area contributed by atoms with Gasteiger partial charge in [0.25, 0.3) is 0 Å². The average Bonchev–Trinajstić information content (AvgIpc) is 1.17. The molecule has 0 amide bonds. The Morgan fingerprint density at radius 2 is 0.438 bits per heavy atom. The highest BCUT2D eigenvalue weighted by Gasteiger charge is 2.30. The fourth-order valence-electron chi connectivity index (χ4n) is 11.7. The van der Waals surface area contributed by atoms with E-state index in [1.807, 2.05) is 0 Å². The van der Waals surface area contributed by atoms with Gasteiger partial charge in [-0.05, 0) is 49.4 Å². The maximum Gasteiger partial charge on any atom is 0.472 e. The second kappa shape index (κ2) is 66.3. The van der Waals surface area contributed by atoms with E-state index < -0.39 is 97.5 Å². The largest absolute Gasteiger partial charge is 0.472 e. The van der Waals surface area contributed by atoms with Gasteiger partial charge in [-0.2, -0.15) is 0 Å². The van der Waals surface area contributed by atoms with Crippen LogP contribution < -0.4 is 0 Å². The summed E-state index contributed by atoms with van der Waals surface area (Å²) in [6, 6.07) is 0. The molecule has 0 aliphatic carbocycles. The standard InChI is InChI=1S/C77H150O17P2/c1-67(2)53-45-37-29-21-13-9-10-16-27-35-43-51-59-76(81)93-72(63-87-74(79)57-49-41-33-25-17-11-14-22-30-38-46-54-68(3)4)65-91-95(83,84)89-61-71(78)62-90-96(85,86)92-66-73(64-88-75(80)58-50-42-34-26-20-19-24-32-40-48-56-70(7)8)94-77(82)60-52-44-36-28-18-12-15-23-31-39-47-55-69(5)6/h67-73,78H,9-66H2,1-8H3,(H,83,84)(H,85,86)/t71-,72-,73-/m1/s1. The maximum atomic E-state index is 13.1. The number of esters is 4. The highest BCUT2D eigenvalue weighted by molar-refractivity contribution is 7.47. The van der Waals surface area contributed by atoms with Crippen LogP contribution in [0.25, 0.3) is 0 Å². The van der Waals surface area contributed by atoms with E-state index >= 15 is 0 Å². The lowest BCUT2D eigenvalue weighted by Crippen LogP contribution is -2.30. The van der Waals surface area contributed by atoms with Gasteiger partial charge in [-0.1, -0.05) is 338 Å². The Hall–Kier alpha value is -1.94. The van der Waals surface area contributed by atoms with Gasteiger partial charge >= 0.3 is 39.5 Å². The summed E-state index contributed by atoms with van der Waals surface area (Å²) in [5, 5.41) is 10.6. The van der Waals surface area contributed by atoms with Crippen LogP contribution in [-0.4, -0.2) is 96.7 Å². The Bertz CT molecular complexity index is 1880. The van der Waals surface area contributed by atoms with Crippen molar-refractivity contribution >= 4 is 39.5 Å². The molecule has 0 aromatic heterocycles. The lowest BCUT2D eigenvalue weighted by molar-refractivity contribution is -0.161. The van der Waals surface area contributed by atoms with Gasteiger partial charge in [0.1, 0.15) is 19.3 Å². The lowest BCUT2D eigenvalue weighted by atomic mass is 10.0. The average molecular weight is 1410 g/mol.